The van der Waals surface area contributed by atoms with Crippen LogP contribution < -0.4 is 15.7 Å². The Morgan fingerprint density at radius 1 is 0.857 bits per heavy atom. The van der Waals surface area contributed by atoms with Crippen molar-refractivity contribution in [2.75, 3.05) is 7.11 Å². The van der Waals surface area contributed by atoms with Gasteiger partial charge >= 0.3 is 0 Å². The molecule has 109 valence electrons. The summed E-state index contributed by atoms with van der Waals surface area (Å²) in [5, 5.41) is 0. The summed E-state index contributed by atoms with van der Waals surface area (Å²) in [6.07, 6.45) is 0. The Kier molecular flexibility index (Phi) is 4.20. The van der Waals surface area contributed by atoms with Crippen LogP contribution in [-0.4, -0.2) is 14.4 Å². The molecule has 0 aromatic heterocycles. The Morgan fingerprint density at radius 2 is 1.48 bits per heavy atom. The molecule has 1 nitrogen and oxygen atoms in total. The third kappa shape index (κ3) is 2.86. The maximum absolute atomic E-state index is 13.8. The fourth-order valence-corrected chi connectivity index (χ4v) is 1.87. The van der Waals surface area contributed by atoms with E-state index in [1.807, 2.05) is 0 Å². The zero-order valence-electron chi connectivity index (χ0n) is 11.1. The van der Waals surface area contributed by atoms with Gasteiger partial charge in [0.1, 0.15) is 23.2 Å². The van der Waals surface area contributed by atoms with Crippen molar-refractivity contribution in [2.24, 2.45) is 0 Å². The van der Waals surface area contributed by atoms with E-state index < -0.39 is 34.5 Å². The Hall–Kier alpha value is -2.05. The second kappa shape index (κ2) is 5.75. The number of rotatable bonds is 3. The number of ether oxygens (including phenoxy) is 1. The zero-order chi connectivity index (χ0) is 15.7. The molecule has 2 aromatic carbocycles. The summed E-state index contributed by atoms with van der Waals surface area (Å²) in [6, 6.07) is 2.18. The van der Waals surface area contributed by atoms with Crippen LogP contribution in [0.3, 0.4) is 0 Å². The maximum atomic E-state index is 13.8. The number of methoxy groups -OCH3 is 1. The van der Waals surface area contributed by atoms with Crippen LogP contribution in [-0.2, 0) is 0 Å². The second-order valence-corrected chi connectivity index (χ2v) is 4.36. The highest BCUT2D eigenvalue weighted by Crippen LogP contribution is 2.15. The summed E-state index contributed by atoms with van der Waals surface area (Å²) >= 11 is 0. The fourth-order valence-electron chi connectivity index (χ4n) is 1.87. The van der Waals surface area contributed by atoms with Crippen molar-refractivity contribution in [3.63, 3.8) is 0 Å². The van der Waals surface area contributed by atoms with E-state index in [4.69, 9.17) is 4.74 Å². The van der Waals surface area contributed by atoms with Crippen molar-refractivity contribution < 1.29 is 26.7 Å². The highest BCUT2D eigenvalue weighted by molar-refractivity contribution is 6.68. The van der Waals surface area contributed by atoms with Gasteiger partial charge in [-0.05, 0) is 29.5 Å². The maximum Gasteiger partial charge on any atom is 0.208 e. The molecule has 0 saturated heterocycles. The van der Waals surface area contributed by atoms with Crippen LogP contribution in [0.15, 0.2) is 18.2 Å². The standard InChI is InChI=1S/C14H9BF5O/c1-6-3-8(17)12(14(20)13(6)19)15-11-9(18)4-7(16)5-10(11)21-2/h3-5H,1-2H3. The highest BCUT2D eigenvalue weighted by Gasteiger charge is 2.22. The van der Waals surface area contributed by atoms with Gasteiger partial charge in [0.2, 0.25) is 7.28 Å². The van der Waals surface area contributed by atoms with E-state index in [0.29, 0.717) is 6.07 Å². The Balaban J connectivity index is 2.56. The van der Waals surface area contributed by atoms with Crippen molar-refractivity contribution >= 4 is 18.2 Å². The molecule has 2 aromatic rings. The summed E-state index contributed by atoms with van der Waals surface area (Å²) in [7, 11) is 1.88. The summed E-state index contributed by atoms with van der Waals surface area (Å²) in [4.78, 5) is 0. The lowest BCUT2D eigenvalue weighted by Gasteiger charge is -2.11. The molecule has 0 aliphatic rings. The van der Waals surface area contributed by atoms with E-state index in [0.717, 1.165) is 26.5 Å². The van der Waals surface area contributed by atoms with Gasteiger partial charge < -0.3 is 4.74 Å². The summed E-state index contributed by atoms with van der Waals surface area (Å²) in [6.45, 7) is 1.20. The molecule has 0 heterocycles. The molecule has 0 unspecified atom stereocenters. The molecule has 2 rings (SSSR count). The molecule has 1 radical (unpaired) electrons. The van der Waals surface area contributed by atoms with Crippen LogP contribution >= 0.6 is 0 Å². The highest BCUT2D eigenvalue weighted by atomic mass is 19.2. The summed E-state index contributed by atoms with van der Waals surface area (Å²) in [5.41, 5.74) is -1.35. The SMILES string of the molecule is COc1cc(F)cc(F)c1[B]c1c(F)cc(C)c(F)c1F. The normalized spacial score (nSPS) is 10.6. The van der Waals surface area contributed by atoms with Crippen LogP contribution in [0.5, 0.6) is 5.75 Å². The molecule has 0 bridgehead atoms. The van der Waals surface area contributed by atoms with Gasteiger partial charge in [0.05, 0.1) is 7.11 Å². The van der Waals surface area contributed by atoms with Crippen molar-refractivity contribution in [3.05, 3.63) is 52.8 Å². The predicted molar refractivity (Wildman–Crippen MR) is 69.0 cm³/mol. The smallest absolute Gasteiger partial charge is 0.208 e. The van der Waals surface area contributed by atoms with Crippen LogP contribution in [0.4, 0.5) is 22.0 Å². The van der Waals surface area contributed by atoms with E-state index in [1.165, 1.54) is 6.92 Å². The molecule has 0 fully saturated rings. The molecule has 7 heteroatoms. The molecular weight excluding hydrogens is 290 g/mol. The van der Waals surface area contributed by atoms with E-state index in [2.05, 4.69) is 0 Å². The van der Waals surface area contributed by atoms with Gasteiger partial charge in [-0.3, -0.25) is 0 Å². The average molecular weight is 299 g/mol. The van der Waals surface area contributed by atoms with E-state index >= 15 is 0 Å². The zero-order valence-corrected chi connectivity index (χ0v) is 11.1. The van der Waals surface area contributed by atoms with E-state index in [-0.39, 0.29) is 16.8 Å². The minimum atomic E-state index is -1.45. The first kappa shape index (κ1) is 15.3. The number of halogens is 5. The first-order valence-corrected chi connectivity index (χ1v) is 5.87. The third-order valence-corrected chi connectivity index (χ3v) is 2.94. The van der Waals surface area contributed by atoms with E-state index in [1.54, 1.807) is 0 Å². The minimum absolute atomic E-state index is 0.214. The average Bonchev–Trinajstić information content (AvgIpc) is 2.42. The molecule has 0 aliphatic heterocycles. The molecule has 0 amide bonds. The largest absolute Gasteiger partial charge is 0.497 e. The van der Waals surface area contributed by atoms with Crippen LogP contribution in [0, 0.1) is 36.0 Å². The van der Waals surface area contributed by atoms with Gasteiger partial charge in [0.25, 0.3) is 0 Å². The molecule has 21 heavy (non-hydrogen) atoms. The minimum Gasteiger partial charge on any atom is -0.497 e. The number of benzene rings is 2. The topological polar surface area (TPSA) is 9.23 Å². The Bertz CT molecular complexity index is 702. The molecule has 0 N–H and O–H groups in total. The van der Waals surface area contributed by atoms with Crippen molar-refractivity contribution in [3.8, 4) is 5.75 Å². The van der Waals surface area contributed by atoms with Gasteiger partial charge in [0, 0.05) is 12.1 Å². The van der Waals surface area contributed by atoms with Gasteiger partial charge in [-0.2, -0.15) is 0 Å². The molecule has 0 aliphatic carbocycles. The van der Waals surface area contributed by atoms with E-state index in [9.17, 15) is 22.0 Å². The fraction of sp³-hybridized carbons (Fsp3) is 0.143. The molecular formula is C14H9BF5O. The lowest BCUT2D eigenvalue weighted by molar-refractivity contribution is 0.411. The van der Waals surface area contributed by atoms with Crippen molar-refractivity contribution in [1.29, 1.82) is 0 Å². The van der Waals surface area contributed by atoms with Crippen LogP contribution in [0.2, 0.25) is 0 Å². The molecule has 0 saturated carbocycles. The summed E-state index contributed by atoms with van der Waals surface area (Å²) in [5.74, 6) is -5.98. The van der Waals surface area contributed by atoms with Crippen molar-refractivity contribution in [2.45, 2.75) is 6.92 Å². The number of hydrogen-bond donors (Lipinski definition) is 0. The number of aryl methyl sites for hydroxylation is 1. The second-order valence-electron chi connectivity index (χ2n) is 4.36. The van der Waals surface area contributed by atoms with Gasteiger partial charge in [-0.15, -0.1) is 0 Å². The predicted octanol–water partition coefficient (Wildman–Crippen LogP) is 2.35. The first-order chi connectivity index (χ1) is 9.85. The quantitative estimate of drug-likeness (QED) is 0.480. The van der Waals surface area contributed by atoms with Crippen LogP contribution in [0.1, 0.15) is 5.56 Å². The lowest BCUT2D eigenvalue weighted by atomic mass is 9.62. The first-order valence-electron chi connectivity index (χ1n) is 5.87. The summed E-state index contributed by atoms with van der Waals surface area (Å²) < 4.78 is 72.6. The Morgan fingerprint density at radius 3 is 2.10 bits per heavy atom. The molecule has 0 spiro atoms. The van der Waals surface area contributed by atoms with Crippen molar-refractivity contribution in [1.82, 2.24) is 0 Å². The molecule has 0 atom stereocenters. The van der Waals surface area contributed by atoms with Gasteiger partial charge in [-0.1, -0.05) is 0 Å². The third-order valence-electron chi connectivity index (χ3n) is 2.94. The van der Waals surface area contributed by atoms with Gasteiger partial charge in [-0.25, -0.2) is 22.0 Å². The monoisotopic (exact) mass is 299 g/mol. The Labute approximate surface area is 118 Å². The van der Waals surface area contributed by atoms with Crippen LogP contribution in [0.25, 0.3) is 0 Å². The van der Waals surface area contributed by atoms with Gasteiger partial charge in [0.15, 0.2) is 11.6 Å². The number of hydrogen-bond acceptors (Lipinski definition) is 1. The lowest BCUT2D eigenvalue weighted by Crippen LogP contribution is -2.36.